The molecule has 5 heteroatoms. The highest BCUT2D eigenvalue weighted by atomic mass is 19.1. The fourth-order valence-corrected chi connectivity index (χ4v) is 2.33. The third-order valence-electron chi connectivity index (χ3n) is 3.87. The van der Waals surface area contributed by atoms with Crippen molar-refractivity contribution in [2.24, 2.45) is 5.73 Å². The van der Waals surface area contributed by atoms with Crippen LogP contribution in [0.25, 0.3) is 0 Å². The number of rotatable bonds is 3. The summed E-state index contributed by atoms with van der Waals surface area (Å²) in [5.41, 5.74) is 5.82. The number of hydrogen-bond donors (Lipinski definition) is 1. The summed E-state index contributed by atoms with van der Waals surface area (Å²) in [7, 11) is 0. The first-order valence-corrected chi connectivity index (χ1v) is 6.47. The van der Waals surface area contributed by atoms with Crippen LogP contribution in [0.2, 0.25) is 0 Å². The summed E-state index contributed by atoms with van der Waals surface area (Å²) in [5, 5.41) is 0. The van der Waals surface area contributed by atoms with Gasteiger partial charge in [0.1, 0.15) is 5.82 Å². The van der Waals surface area contributed by atoms with Gasteiger partial charge in [0.25, 0.3) is 0 Å². The van der Waals surface area contributed by atoms with Gasteiger partial charge >= 0.3 is 0 Å². The highest BCUT2D eigenvalue weighted by molar-refractivity contribution is 5.83. The standard InChI is InChI=1S/C14H20FN3O/c1-14(2,13(16)19)18-9-7-17(8-10-18)12-5-3-11(15)4-6-12/h3-6H,7-10H2,1-2H3,(H2,16,19). The minimum Gasteiger partial charge on any atom is -0.369 e. The monoisotopic (exact) mass is 265 g/mol. The molecule has 0 aromatic heterocycles. The van der Waals surface area contributed by atoms with E-state index < -0.39 is 5.54 Å². The Labute approximate surface area is 113 Å². The summed E-state index contributed by atoms with van der Waals surface area (Å²) in [6.07, 6.45) is 0. The molecule has 1 fully saturated rings. The van der Waals surface area contributed by atoms with Crippen molar-refractivity contribution >= 4 is 11.6 Å². The first-order chi connectivity index (χ1) is 8.91. The van der Waals surface area contributed by atoms with E-state index in [0.717, 1.165) is 31.9 Å². The molecule has 19 heavy (non-hydrogen) atoms. The van der Waals surface area contributed by atoms with Crippen LogP contribution in [0.3, 0.4) is 0 Å². The molecule has 1 aromatic rings. The molecule has 0 saturated carbocycles. The Hall–Kier alpha value is -1.62. The number of piperazine rings is 1. The fourth-order valence-electron chi connectivity index (χ4n) is 2.33. The molecule has 0 unspecified atom stereocenters. The molecule has 0 aliphatic carbocycles. The smallest absolute Gasteiger partial charge is 0.237 e. The van der Waals surface area contributed by atoms with Crippen molar-refractivity contribution in [1.29, 1.82) is 0 Å². The topological polar surface area (TPSA) is 49.6 Å². The van der Waals surface area contributed by atoms with Crippen LogP contribution in [0.1, 0.15) is 13.8 Å². The van der Waals surface area contributed by atoms with E-state index in [9.17, 15) is 9.18 Å². The summed E-state index contributed by atoms with van der Waals surface area (Å²) in [5.74, 6) is -0.528. The predicted molar refractivity (Wildman–Crippen MR) is 73.5 cm³/mol. The van der Waals surface area contributed by atoms with E-state index in [1.807, 2.05) is 13.8 Å². The van der Waals surface area contributed by atoms with Gasteiger partial charge in [-0.25, -0.2) is 4.39 Å². The number of nitrogens with two attached hydrogens (primary N) is 1. The number of nitrogens with zero attached hydrogens (tertiary/aromatic N) is 2. The van der Waals surface area contributed by atoms with Crippen molar-refractivity contribution in [2.75, 3.05) is 31.1 Å². The van der Waals surface area contributed by atoms with Gasteiger partial charge in [0.05, 0.1) is 5.54 Å². The lowest BCUT2D eigenvalue weighted by Crippen LogP contribution is -2.59. The molecule has 104 valence electrons. The predicted octanol–water partition coefficient (Wildman–Crippen LogP) is 1.21. The molecular formula is C14H20FN3O. The van der Waals surface area contributed by atoms with Crippen LogP contribution in [-0.4, -0.2) is 42.5 Å². The molecule has 1 aromatic carbocycles. The number of carbonyl (C=O) groups excluding carboxylic acids is 1. The second-order valence-electron chi connectivity index (χ2n) is 5.37. The van der Waals surface area contributed by atoms with Gasteiger partial charge in [-0.15, -0.1) is 0 Å². The van der Waals surface area contributed by atoms with E-state index in [1.165, 1.54) is 12.1 Å². The Morgan fingerprint density at radius 1 is 1.16 bits per heavy atom. The average Bonchev–Trinajstić information content (AvgIpc) is 2.39. The second-order valence-corrected chi connectivity index (χ2v) is 5.37. The molecule has 0 bridgehead atoms. The number of amides is 1. The van der Waals surface area contributed by atoms with Gasteiger partial charge < -0.3 is 10.6 Å². The number of benzene rings is 1. The first-order valence-electron chi connectivity index (χ1n) is 6.47. The number of carbonyl (C=O) groups is 1. The van der Waals surface area contributed by atoms with E-state index in [2.05, 4.69) is 9.80 Å². The van der Waals surface area contributed by atoms with Crippen molar-refractivity contribution in [2.45, 2.75) is 19.4 Å². The van der Waals surface area contributed by atoms with Crippen molar-refractivity contribution in [1.82, 2.24) is 4.90 Å². The molecule has 0 radical (unpaired) electrons. The van der Waals surface area contributed by atoms with E-state index in [-0.39, 0.29) is 11.7 Å². The molecule has 1 aliphatic heterocycles. The van der Waals surface area contributed by atoms with E-state index in [0.29, 0.717) is 0 Å². The Kier molecular flexibility index (Phi) is 3.75. The maximum Gasteiger partial charge on any atom is 0.237 e. The van der Waals surface area contributed by atoms with Crippen LogP contribution in [0.4, 0.5) is 10.1 Å². The lowest BCUT2D eigenvalue weighted by molar-refractivity contribution is -0.128. The summed E-state index contributed by atoms with van der Waals surface area (Å²) in [6, 6.07) is 6.50. The molecule has 0 spiro atoms. The van der Waals surface area contributed by atoms with Crippen molar-refractivity contribution in [3.8, 4) is 0 Å². The van der Waals surface area contributed by atoms with Gasteiger partial charge in [0, 0.05) is 31.9 Å². The van der Waals surface area contributed by atoms with E-state index in [1.54, 1.807) is 12.1 Å². The summed E-state index contributed by atoms with van der Waals surface area (Å²) >= 11 is 0. The highest BCUT2D eigenvalue weighted by Gasteiger charge is 2.34. The molecule has 1 aliphatic rings. The van der Waals surface area contributed by atoms with Gasteiger partial charge in [0.15, 0.2) is 0 Å². The minimum absolute atomic E-state index is 0.225. The lowest BCUT2D eigenvalue weighted by atomic mass is 10.0. The fraction of sp³-hybridized carbons (Fsp3) is 0.500. The van der Waals surface area contributed by atoms with Crippen molar-refractivity contribution in [3.63, 3.8) is 0 Å². The van der Waals surface area contributed by atoms with Crippen molar-refractivity contribution < 1.29 is 9.18 Å². The first kappa shape index (κ1) is 13.8. The highest BCUT2D eigenvalue weighted by Crippen LogP contribution is 2.21. The third-order valence-corrected chi connectivity index (χ3v) is 3.87. The second kappa shape index (κ2) is 5.17. The Morgan fingerprint density at radius 2 is 1.68 bits per heavy atom. The average molecular weight is 265 g/mol. The minimum atomic E-state index is -0.616. The van der Waals surface area contributed by atoms with E-state index in [4.69, 9.17) is 5.73 Å². The maximum absolute atomic E-state index is 12.9. The normalized spacial score (nSPS) is 17.5. The molecule has 2 rings (SSSR count). The largest absolute Gasteiger partial charge is 0.369 e. The van der Waals surface area contributed by atoms with Crippen LogP contribution in [-0.2, 0) is 4.79 Å². The molecule has 1 amide bonds. The van der Waals surface area contributed by atoms with Gasteiger partial charge in [0.2, 0.25) is 5.91 Å². The van der Waals surface area contributed by atoms with Crippen molar-refractivity contribution in [3.05, 3.63) is 30.1 Å². The van der Waals surface area contributed by atoms with Crippen LogP contribution in [0.5, 0.6) is 0 Å². The molecular weight excluding hydrogens is 245 g/mol. The number of anilines is 1. The molecule has 4 nitrogen and oxygen atoms in total. The Bertz CT molecular complexity index is 450. The molecule has 1 saturated heterocycles. The zero-order valence-corrected chi connectivity index (χ0v) is 11.4. The summed E-state index contributed by atoms with van der Waals surface area (Å²) in [4.78, 5) is 15.7. The lowest BCUT2D eigenvalue weighted by Gasteiger charge is -2.43. The number of hydrogen-bond acceptors (Lipinski definition) is 3. The van der Waals surface area contributed by atoms with Crippen LogP contribution < -0.4 is 10.6 Å². The molecule has 0 atom stereocenters. The Balaban J connectivity index is 1.99. The van der Waals surface area contributed by atoms with Gasteiger partial charge in [-0.3, -0.25) is 9.69 Å². The summed E-state index contributed by atoms with van der Waals surface area (Å²) in [6.45, 7) is 6.86. The quantitative estimate of drug-likeness (QED) is 0.893. The van der Waals surface area contributed by atoms with Gasteiger partial charge in [-0.2, -0.15) is 0 Å². The maximum atomic E-state index is 12.9. The Morgan fingerprint density at radius 3 is 2.16 bits per heavy atom. The summed E-state index contributed by atoms with van der Waals surface area (Å²) < 4.78 is 12.9. The van der Waals surface area contributed by atoms with E-state index >= 15 is 0 Å². The molecule has 2 N–H and O–H groups in total. The van der Waals surface area contributed by atoms with Gasteiger partial charge in [-0.05, 0) is 38.1 Å². The van der Waals surface area contributed by atoms with Crippen LogP contribution >= 0.6 is 0 Å². The zero-order valence-electron chi connectivity index (χ0n) is 11.4. The number of halogens is 1. The van der Waals surface area contributed by atoms with Gasteiger partial charge in [-0.1, -0.05) is 0 Å². The zero-order chi connectivity index (χ0) is 14.0. The third kappa shape index (κ3) is 2.87. The SMILES string of the molecule is CC(C)(C(N)=O)N1CCN(c2ccc(F)cc2)CC1. The van der Waals surface area contributed by atoms with Crippen LogP contribution in [0.15, 0.2) is 24.3 Å². The molecule has 1 heterocycles. The number of primary amides is 1. The van der Waals surface area contributed by atoms with Crippen LogP contribution in [0, 0.1) is 5.82 Å².